The van der Waals surface area contributed by atoms with Crippen LogP contribution in [0.2, 0.25) is 0 Å². The van der Waals surface area contributed by atoms with E-state index in [9.17, 15) is 0 Å². The number of nitrogens with one attached hydrogen (secondary N) is 1. The van der Waals surface area contributed by atoms with Gasteiger partial charge < -0.3 is 10.2 Å². The lowest BCUT2D eigenvalue weighted by molar-refractivity contribution is -0.657. The molecule has 0 saturated carbocycles. The molecule has 1 heterocycles. The lowest BCUT2D eigenvalue weighted by Gasteiger charge is -2.18. The Hall–Kier alpha value is -2.21. The molecule has 0 aliphatic rings. The van der Waals surface area contributed by atoms with E-state index in [0.717, 1.165) is 24.7 Å². The van der Waals surface area contributed by atoms with Gasteiger partial charge in [-0.25, -0.2) is 9.13 Å². The molecule has 0 fully saturated rings. The van der Waals surface area contributed by atoms with Crippen LogP contribution in [0.1, 0.15) is 0 Å². The van der Waals surface area contributed by atoms with E-state index in [1.54, 1.807) is 0 Å². The Balaban J connectivity index is 2.06. The normalized spacial score (nSPS) is 11.2. The number of nitrogens with zero attached hydrogens (tertiary/aromatic N) is 5. The van der Waals surface area contributed by atoms with E-state index in [4.69, 9.17) is 0 Å². The van der Waals surface area contributed by atoms with E-state index >= 15 is 0 Å². The standard InChI is InChI=1S/C15H23N6/c1-16-9-10-19(2)14-7-5-13(6-8-14)17-18-15-20(3)11-12-21(15)4/h5-8,11-12,16H,9-10H2,1-4H3/q+1. The molecule has 0 saturated heterocycles. The van der Waals surface area contributed by atoms with Gasteiger partial charge in [0.05, 0.1) is 26.5 Å². The molecule has 6 heteroatoms. The second-order valence-electron chi connectivity index (χ2n) is 5.06. The minimum absolute atomic E-state index is 0.810. The maximum Gasteiger partial charge on any atom is 0.421 e. The van der Waals surface area contributed by atoms with E-state index in [0.29, 0.717) is 0 Å². The maximum atomic E-state index is 4.29. The molecule has 0 aliphatic heterocycles. The molecule has 0 aliphatic carbocycles. The molecule has 6 nitrogen and oxygen atoms in total. The maximum absolute atomic E-state index is 4.29. The van der Waals surface area contributed by atoms with Gasteiger partial charge >= 0.3 is 5.95 Å². The van der Waals surface area contributed by atoms with Gasteiger partial charge in [0.2, 0.25) is 0 Å². The molecule has 0 unspecified atom stereocenters. The van der Waals surface area contributed by atoms with Crippen LogP contribution in [0.4, 0.5) is 17.3 Å². The van der Waals surface area contributed by atoms with Crippen molar-refractivity contribution in [3.05, 3.63) is 36.7 Å². The van der Waals surface area contributed by atoms with Crippen LogP contribution in [-0.4, -0.2) is 31.8 Å². The van der Waals surface area contributed by atoms with Crippen molar-refractivity contribution in [3.8, 4) is 0 Å². The molecule has 0 spiro atoms. The second-order valence-corrected chi connectivity index (χ2v) is 5.06. The Morgan fingerprint density at radius 3 is 2.52 bits per heavy atom. The van der Waals surface area contributed by atoms with E-state index in [2.05, 4.69) is 39.6 Å². The summed E-state index contributed by atoms with van der Waals surface area (Å²) >= 11 is 0. The Labute approximate surface area is 125 Å². The van der Waals surface area contributed by atoms with Crippen LogP contribution in [-0.2, 0) is 14.1 Å². The second kappa shape index (κ2) is 6.99. The van der Waals surface area contributed by atoms with Crippen LogP contribution < -0.4 is 14.8 Å². The Kier molecular flexibility index (Phi) is 5.05. The fourth-order valence-electron chi connectivity index (χ4n) is 2.01. The third kappa shape index (κ3) is 3.88. The van der Waals surface area contributed by atoms with Crippen molar-refractivity contribution >= 4 is 17.3 Å². The summed E-state index contributed by atoms with van der Waals surface area (Å²) in [5.41, 5.74) is 2.02. The molecule has 1 aromatic heterocycles. The first-order valence-electron chi connectivity index (χ1n) is 7.00. The summed E-state index contributed by atoms with van der Waals surface area (Å²) in [6.07, 6.45) is 3.91. The highest BCUT2D eigenvalue weighted by atomic mass is 15.3. The van der Waals surface area contributed by atoms with E-state index in [1.165, 1.54) is 5.69 Å². The lowest BCUT2D eigenvalue weighted by Crippen LogP contribution is -2.26. The molecule has 2 rings (SSSR count). The van der Waals surface area contributed by atoms with Gasteiger partial charge in [-0.1, -0.05) is 5.11 Å². The third-order valence-corrected chi connectivity index (χ3v) is 3.39. The Morgan fingerprint density at radius 2 is 1.95 bits per heavy atom. The predicted octanol–water partition coefficient (Wildman–Crippen LogP) is 1.92. The van der Waals surface area contributed by atoms with Gasteiger partial charge in [0.15, 0.2) is 0 Å². The van der Waals surface area contributed by atoms with Crippen molar-refractivity contribution in [1.82, 2.24) is 9.88 Å². The molecule has 0 bridgehead atoms. The van der Waals surface area contributed by atoms with E-state index < -0.39 is 0 Å². The zero-order chi connectivity index (χ0) is 15.2. The molecule has 1 aromatic carbocycles. The largest absolute Gasteiger partial charge is 0.421 e. The van der Waals surface area contributed by atoms with Crippen molar-refractivity contribution in [1.29, 1.82) is 0 Å². The zero-order valence-corrected chi connectivity index (χ0v) is 13.1. The fraction of sp³-hybridized carbons (Fsp3) is 0.400. The third-order valence-electron chi connectivity index (χ3n) is 3.39. The number of imidazole rings is 1. The van der Waals surface area contributed by atoms with Crippen LogP contribution in [0.15, 0.2) is 46.9 Å². The zero-order valence-electron chi connectivity index (χ0n) is 13.1. The van der Waals surface area contributed by atoms with Gasteiger partial charge in [-0.3, -0.25) is 0 Å². The summed E-state index contributed by atoms with van der Waals surface area (Å²) in [7, 11) is 7.95. The Morgan fingerprint density at radius 1 is 1.24 bits per heavy atom. The fourth-order valence-corrected chi connectivity index (χ4v) is 2.01. The SMILES string of the molecule is CNCCN(C)c1ccc(N=Nc2n(C)cc[n+]2C)cc1. The number of azo groups is 1. The summed E-state index contributed by atoms with van der Waals surface area (Å²) in [5, 5.41) is 11.7. The van der Waals surface area contributed by atoms with Crippen molar-refractivity contribution < 1.29 is 4.57 Å². The van der Waals surface area contributed by atoms with Gasteiger partial charge in [0.1, 0.15) is 5.69 Å². The molecule has 21 heavy (non-hydrogen) atoms. The first-order valence-corrected chi connectivity index (χ1v) is 7.00. The number of benzene rings is 1. The van der Waals surface area contributed by atoms with Gasteiger partial charge in [0, 0.05) is 30.9 Å². The summed E-state index contributed by atoms with van der Waals surface area (Å²) in [6, 6.07) is 8.10. The highest BCUT2D eigenvalue weighted by Gasteiger charge is 2.10. The molecule has 1 N–H and O–H groups in total. The van der Waals surface area contributed by atoms with Crippen LogP contribution in [0.5, 0.6) is 0 Å². The molecule has 0 amide bonds. The molecule has 0 atom stereocenters. The molecular formula is C15H23N6+. The molecule has 2 aromatic rings. The minimum atomic E-state index is 0.810. The van der Waals surface area contributed by atoms with E-state index in [1.807, 2.05) is 54.8 Å². The quantitative estimate of drug-likeness (QED) is 0.652. The summed E-state index contributed by atoms with van der Waals surface area (Å²) in [5.74, 6) is 0.810. The number of anilines is 1. The summed E-state index contributed by atoms with van der Waals surface area (Å²) < 4.78 is 3.87. The van der Waals surface area contributed by atoms with Gasteiger partial charge in [-0.15, -0.1) is 0 Å². The molecular weight excluding hydrogens is 264 g/mol. The number of aromatic nitrogens is 2. The minimum Gasteiger partial charge on any atom is -0.373 e. The van der Waals surface area contributed by atoms with Gasteiger partial charge in [0.25, 0.3) is 0 Å². The first kappa shape index (κ1) is 15.2. The number of hydrogen-bond donors (Lipinski definition) is 1. The van der Waals surface area contributed by atoms with Crippen molar-refractivity contribution in [2.24, 2.45) is 24.3 Å². The smallest absolute Gasteiger partial charge is 0.373 e. The van der Waals surface area contributed by atoms with Crippen LogP contribution in [0.25, 0.3) is 0 Å². The topological polar surface area (TPSA) is 48.8 Å². The highest BCUT2D eigenvalue weighted by Crippen LogP contribution is 2.20. The molecule has 112 valence electrons. The number of hydrogen-bond acceptors (Lipinski definition) is 4. The van der Waals surface area contributed by atoms with Crippen molar-refractivity contribution in [3.63, 3.8) is 0 Å². The summed E-state index contributed by atoms with van der Waals surface area (Å²) in [4.78, 5) is 2.20. The number of likely N-dealkylation sites (N-methyl/N-ethyl adjacent to an activating group) is 2. The first-order chi connectivity index (χ1) is 10.1. The summed E-state index contributed by atoms with van der Waals surface area (Å²) in [6.45, 7) is 1.93. The van der Waals surface area contributed by atoms with Crippen LogP contribution >= 0.6 is 0 Å². The molecule has 0 radical (unpaired) electrons. The van der Waals surface area contributed by atoms with Gasteiger partial charge in [-0.2, -0.15) is 0 Å². The van der Waals surface area contributed by atoms with Crippen LogP contribution in [0.3, 0.4) is 0 Å². The number of rotatable bonds is 6. The van der Waals surface area contributed by atoms with E-state index in [-0.39, 0.29) is 0 Å². The predicted molar refractivity (Wildman–Crippen MR) is 84.4 cm³/mol. The highest BCUT2D eigenvalue weighted by molar-refractivity contribution is 5.52. The van der Waals surface area contributed by atoms with Gasteiger partial charge in [-0.05, 0) is 31.3 Å². The average molecular weight is 287 g/mol. The van der Waals surface area contributed by atoms with Crippen molar-refractivity contribution in [2.45, 2.75) is 0 Å². The average Bonchev–Trinajstić information content (AvgIpc) is 2.82. The Bertz CT molecular complexity index is 580. The number of aryl methyl sites for hydroxylation is 2. The van der Waals surface area contributed by atoms with Crippen LogP contribution in [0, 0.1) is 0 Å². The van der Waals surface area contributed by atoms with Crippen molar-refractivity contribution in [2.75, 3.05) is 32.1 Å². The monoisotopic (exact) mass is 287 g/mol. The lowest BCUT2D eigenvalue weighted by atomic mass is 10.2.